The second-order valence-corrected chi connectivity index (χ2v) is 6.22. The van der Waals surface area contributed by atoms with Crippen LogP contribution in [0.4, 0.5) is 4.39 Å². The average molecular weight is 375 g/mol. The maximum absolute atomic E-state index is 13.8. The minimum atomic E-state index is -0.636. The van der Waals surface area contributed by atoms with Crippen LogP contribution in [0.5, 0.6) is 0 Å². The van der Waals surface area contributed by atoms with Gasteiger partial charge in [0.2, 0.25) is 0 Å². The fourth-order valence-electron chi connectivity index (χ4n) is 2.67. The quantitative estimate of drug-likeness (QED) is 0.489. The molecule has 134 valence electrons. The Hall–Kier alpha value is -2.66. The van der Waals surface area contributed by atoms with Crippen LogP contribution in [0.1, 0.15) is 23.6 Å². The largest absolute Gasteiger partial charge is 0.461 e. The van der Waals surface area contributed by atoms with Crippen molar-refractivity contribution in [1.29, 1.82) is 0 Å². The van der Waals surface area contributed by atoms with Crippen molar-refractivity contribution in [2.24, 2.45) is 0 Å². The summed E-state index contributed by atoms with van der Waals surface area (Å²) in [6.07, 6.45) is 0.521. The van der Waals surface area contributed by atoms with E-state index in [1.807, 2.05) is 19.1 Å². The lowest BCUT2D eigenvalue weighted by molar-refractivity contribution is -0.144. The van der Waals surface area contributed by atoms with Gasteiger partial charge in [0.15, 0.2) is 0 Å². The predicted octanol–water partition coefficient (Wildman–Crippen LogP) is 4.43. The Bertz CT molecular complexity index is 1010. The molecule has 0 aliphatic rings. The lowest BCUT2D eigenvalue weighted by Crippen LogP contribution is -2.11. The number of aryl methyl sites for hydroxylation is 1. The molecule has 0 saturated heterocycles. The molecule has 4 nitrogen and oxygen atoms in total. The molecule has 0 spiro atoms. The Morgan fingerprint density at radius 1 is 1.23 bits per heavy atom. The molecule has 0 aliphatic carbocycles. The fraction of sp³-hybridized carbons (Fsp3) is 0.200. The second kappa shape index (κ2) is 7.70. The monoisotopic (exact) mass is 374 g/mol. The highest BCUT2D eigenvalue weighted by molar-refractivity contribution is 6.31. The van der Waals surface area contributed by atoms with Crippen LogP contribution < -0.4 is 5.63 Å². The van der Waals surface area contributed by atoms with Gasteiger partial charge >= 0.3 is 11.6 Å². The molecule has 26 heavy (non-hydrogen) atoms. The molecule has 0 atom stereocenters. The Morgan fingerprint density at radius 3 is 2.77 bits per heavy atom. The van der Waals surface area contributed by atoms with E-state index in [4.69, 9.17) is 20.8 Å². The highest BCUT2D eigenvalue weighted by Gasteiger charge is 2.14. The van der Waals surface area contributed by atoms with Crippen molar-refractivity contribution in [3.8, 4) is 0 Å². The standard InChI is InChI=1S/C20H16ClFO4/c1-2-12-6-7-14-13(9-20(24)26-18(14)8-12)11-25-19(23)10-15-16(21)4-3-5-17(15)22/h3-9H,2,10-11H2,1H3. The first-order valence-corrected chi connectivity index (χ1v) is 8.50. The third-order valence-electron chi connectivity index (χ3n) is 4.07. The van der Waals surface area contributed by atoms with Crippen LogP contribution in [-0.2, 0) is 29.0 Å². The minimum Gasteiger partial charge on any atom is -0.461 e. The molecule has 0 fully saturated rings. The van der Waals surface area contributed by atoms with E-state index >= 15 is 0 Å². The van der Waals surface area contributed by atoms with Crippen molar-refractivity contribution in [2.45, 2.75) is 26.4 Å². The van der Waals surface area contributed by atoms with E-state index in [0.29, 0.717) is 16.5 Å². The van der Waals surface area contributed by atoms with Gasteiger partial charge in [0.1, 0.15) is 18.0 Å². The molecule has 3 rings (SSSR count). The maximum Gasteiger partial charge on any atom is 0.336 e. The van der Waals surface area contributed by atoms with Crippen LogP contribution in [0.3, 0.4) is 0 Å². The zero-order valence-electron chi connectivity index (χ0n) is 14.1. The minimum absolute atomic E-state index is 0.0872. The zero-order valence-corrected chi connectivity index (χ0v) is 14.8. The summed E-state index contributed by atoms with van der Waals surface area (Å²) in [5.41, 5.74) is 1.58. The summed E-state index contributed by atoms with van der Waals surface area (Å²) in [4.78, 5) is 23.8. The van der Waals surface area contributed by atoms with Crippen LogP contribution >= 0.6 is 11.6 Å². The number of esters is 1. The average Bonchev–Trinajstić information content (AvgIpc) is 2.62. The van der Waals surface area contributed by atoms with Gasteiger partial charge in [0.05, 0.1) is 6.42 Å². The molecule has 6 heteroatoms. The van der Waals surface area contributed by atoms with Gasteiger partial charge in [0, 0.05) is 27.6 Å². The fourth-order valence-corrected chi connectivity index (χ4v) is 2.90. The molecule has 0 bridgehead atoms. The van der Waals surface area contributed by atoms with E-state index in [1.54, 1.807) is 6.07 Å². The number of halogens is 2. The first-order valence-electron chi connectivity index (χ1n) is 8.12. The Morgan fingerprint density at radius 2 is 2.04 bits per heavy atom. The van der Waals surface area contributed by atoms with Crippen molar-refractivity contribution >= 4 is 28.5 Å². The van der Waals surface area contributed by atoms with Gasteiger partial charge in [-0.3, -0.25) is 4.79 Å². The van der Waals surface area contributed by atoms with Gasteiger partial charge in [-0.15, -0.1) is 0 Å². The molecule has 0 radical (unpaired) electrons. The number of carbonyl (C=O) groups excluding carboxylic acids is 1. The third kappa shape index (κ3) is 3.94. The van der Waals surface area contributed by atoms with Crippen molar-refractivity contribution in [3.05, 3.63) is 80.4 Å². The summed E-state index contributed by atoms with van der Waals surface area (Å²) in [6.45, 7) is 1.89. The van der Waals surface area contributed by atoms with Crippen LogP contribution in [0, 0.1) is 5.82 Å². The summed E-state index contributed by atoms with van der Waals surface area (Å²) < 4.78 is 24.2. The van der Waals surface area contributed by atoms with Crippen LogP contribution in [0.25, 0.3) is 11.0 Å². The van der Waals surface area contributed by atoms with Gasteiger partial charge in [-0.05, 0) is 30.2 Å². The molecule has 0 saturated carbocycles. The summed E-state index contributed by atoms with van der Waals surface area (Å²) in [7, 11) is 0. The molecule has 0 unspecified atom stereocenters. The van der Waals surface area contributed by atoms with E-state index in [9.17, 15) is 14.0 Å². The predicted molar refractivity (Wildman–Crippen MR) is 96.8 cm³/mol. The van der Waals surface area contributed by atoms with E-state index in [-0.39, 0.29) is 23.6 Å². The highest BCUT2D eigenvalue weighted by atomic mass is 35.5. The number of hydrogen-bond donors (Lipinski definition) is 0. The summed E-state index contributed by atoms with van der Waals surface area (Å²) in [6, 6.07) is 11.0. The number of fused-ring (bicyclic) bond motifs is 1. The molecule has 0 aliphatic heterocycles. The topological polar surface area (TPSA) is 56.5 Å². The number of ether oxygens (including phenoxy) is 1. The van der Waals surface area contributed by atoms with Gasteiger partial charge in [-0.1, -0.05) is 36.7 Å². The molecule has 1 aromatic heterocycles. The Labute approximate surface area is 154 Å². The van der Waals surface area contributed by atoms with Crippen LogP contribution in [0.2, 0.25) is 5.02 Å². The molecular formula is C20H16ClFO4. The van der Waals surface area contributed by atoms with Crippen LogP contribution in [-0.4, -0.2) is 5.97 Å². The molecule has 0 amide bonds. The van der Waals surface area contributed by atoms with Crippen molar-refractivity contribution in [2.75, 3.05) is 0 Å². The van der Waals surface area contributed by atoms with Crippen LogP contribution in [0.15, 0.2) is 51.7 Å². The normalized spacial score (nSPS) is 10.9. The van der Waals surface area contributed by atoms with Crippen molar-refractivity contribution in [1.82, 2.24) is 0 Å². The molecule has 2 aromatic carbocycles. The Balaban J connectivity index is 1.79. The molecule has 0 N–H and O–H groups in total. The van der Waals surface area contributed by atoms with E-state index in [1.165, 1.54) is 24.3 Å². The van der Waals surface area contributed by atoms with Gasteiger partial charge in [-0.2, -0.15) is 0 Å². The molecule has 3 aromatic rings. The third-order valence-corrected chi connectivity index (χ3v) is 4.43. The lowest BCUT2D eigenvalue weighted by atomic mass is 10.1. The van der Waals surface area contributed by atoms with E-state index in [0.717, 1.165) is 12.0 Å². The van der Waals surface area contributed by atoms with E-state index in [2.05, 4.69) is 0 Å². The van der Waals surface area contributed by atoms with Crippen molar-refractivity contribution < 1.29 is 18.3 Å². The molecule has 1 heterocycles. The smallest absolute Gasteiger partial charge is 0.336 e. The summed E-state index contributed by atoms with van der Waals surface area (Å²) in [5.74, 6) is -1.20. The maximum atomic E-state index is 13.8. The number of carbonyl (C=O) groups is 1. The lowest BCUT2D eigenvalue weighted by Gasteiger charge is -2.09. The molecular weight excluding hydrogens is 359 g/mol. The highest BCUT2D eigenvalue weighted by Crippen LogP contribution is 2.22. The first-order chi connectivity index (χ1) is 12.5. The summed E-state index contributed by atoms with van der Waals surface area (Å²) >= 11 is 5.92. The Kier molecular flexibility index (Phi) is 5.38. The second-order valence-electron chi connectivity index (χ2n) is 5.81. The number of benzene rings is 2. The van der Waals surface area contributed by atoms with E-state index < -0.39 is 17.4 Å². The van der Waals surface area contributed by atoms with Gasteiger partial charge in [0.25, 0.3) is 0 Å². The first kappa shape index (κ1) is 18.1. The summed E-state index contributed by atoms with van der Waals surface area (Å²) in [5, 5.41) is 0.860. The van der Waals surface area contributed by atoms with Gasteiger partial charge in [-0.25, -0.2) is 9.18 Å². The zero-order chi connectivity index (χ0) is 18.7. The number of hydrogen-bond acceptors (Lipinski definition) is 4. The SMILES string of the molecule is CCc1ccc2c(COC(=O)Cc3c(F)cccc3Cl)cc(=O)oc2c1. The van der Waals surface area contributed by atoms with Crippen molar-refractivity contribution in [3.63, 3.8) is 0 Å². The van der Waals surface area contributed by atoms with Gasteiger partial charge < -0.3 is 9.15 Å². The number of rotatable bonds is 5.